The van der Waals surface area contributed by atoms with Gasteiger partial charge in [0.25, 0.3) is 5.69 Å². The van der Waals surface area contributed by atoms with Crippen molar-refractivity contribution in [2.24, 2.45) is 0 Å². The summed E-state index contributed by atoms with van der Waals surface area (Å²) in [4.78, 5) is 10.4. The molecule has 0 unspecified atom stereocenters. The molecule has 17 heavy (non-hydrogen) atoms. The highest BCUT2D eigenvalue weighted by Gasteiger charge is 2.10. The van der Waals surface area contributed by atoms with Crippen molar-refractivity contribution in [3.05, 3.63) is 28.3 Å². The van der Waals surface area contributed by atoms with E-state index in [1.807, 2.05) is 6.92 Å². The number of hydrogen-bond donors (Lipinski definition) is 1. The molecule has 0 radical (unpaired) electrons. The second-order valence-corrected chi connectivity index (χ2v) is 3.71. The smallest absolute Gasteiger partial charge is 0.275 e. The lowest BCUT2D eigenvalue weighted by Gasteiger charge is -2.08. The van der Waals surface area contributed by atoms with Gasteiger partial charge in [-0.3, -0.25) is 10.1 Å². The average Bonchev–Trinajstić information content (AvgIpc) is 2.29. The van der Waals surface area contributed by atoms with Crippen LogP contribution in [0.1, 0.15) is 26.7 Å². The van der Waals surface area contributed by atoms with Crippen LogP contribution in [0, 0.1) is 10.1 Å². The van der Waals surface area contributed by atoms with Crippen LogP contribution in [0.15, 0.2) is 18.2 Å². The summed E-state index contributed by atoms with van der Waals surface area (Å²) in [6.07, 6.45) is 1.98. The second-order valence-electron chi connectivity index (χ2n) is 3.71. The third-order valence-electron chi connectivity index (χ3n) is 2.25. The molecule has 0 aromatic heterocycles. The first-order valence-electron chi connectivity index (χ1n) is 5.83. The number of hydrogen-bond acceptors (Lipinski definition) is 4. The number of anilines is 1. The van der Waals surface area contributed by atoms with Gasteiger partial charge in [-0.15, -0.1) is 0 Å². The highest BCUT2D eigenvalue weighted by molar-refractivity contribution is 5.56. The number of benzene rings is 1. The Bertz CT molecular complexity index is 380. The molecule has 0 aliphatic rings. The Labute approximate surface area is 101 Å². The molecule has 0 saturated carbocycles. The van der Waals surface area contributed by atoms with E-state index in [0.717, 1.165) is 19.4 Å². The Morgan fingerprint density at radius 3 is 2.71 bits per heavy atom. The summed E-state index contributed by atoms with van der Waals surface area (Å²) in [5.41, 5.74) is 0.767. The summed E-state index contributed by atoms with van der Waals surface area (Å²) in [5.74, 6) is 0.545. The number of non-ortho nitro benzene ring substituents is 1. The molecule has 0 fully saturated rings. The van der Waals surface area contributed by atoms with E-state index < -0.39 is 4.92 Å². The Morgan fingerprint density at radius 2 is 2.12 bits per heavy atom. The molecule has 0 spiro atoms. The predicted molar refractivity (Wildman–Crippen MR) is 67.7 cm³/mol. The number of unbranched alkanes of at least 4 members (excludes halogenated alkanes) is 1. The number of nitro benzene ring substituents is 1. The molecule has 5 heteroatoms. The molecule has 1 N–H and O–H groups in total. The minimum absolute atomic E-state index is 0.0509. The van der Waals surface area contributed by atoms with Gasteiger partial charge in [-0.1, -0.05) is 13.3 Å². The zero-order valence-corrected chi connectivity index (χ0v) is 10.2. The van der Waals surface area contributed by atoms with Crippen molar-refractivity contribution in [1.82, 2.24) is 0 Å². The quantitative estimate of drug-likeness (QED) is 0.450. The summed E-state index contributed by atoms with van der Waals surface area (Å²) >= 11 is 0. The summed E-state index contributed by atoms with van der Waals surface area (Å²) < 4.78 is 5.48. The molecule has 0 aliphatic heterocycles. The van der Waals surface area contributed by atoms with E-state index in [2.05, 4.69) is 12.2 Å². The third kappa shape index (κ3) is 4.30. The van der Waals surface area contributed by atoms with Crippen LogP contribution in [0.25, 0.3) is 0 Å². The first kappa shape index (κ1) is 13.3. The van der Waals surface area contributed by atoms with Crippen molar-refractivity contribution in [3.8, 4) is 5.75 Å². The van der Waals surface area contributed by atoms with E-state index >= 15 is 0 Å². The fraction of sp³-hybridized carbons (Fsp3) is 0.500. The van der Waals surface area contributed by atoms with Gasteiger partial charge in [-0.2, -0.15) is 0 Å². The predicted octanol–water partition coefficient (Wildman–Crippen LogP) is 3.21. The standard InChI is InChI=1S/C12H18N2O3/c1-3-5-6-17-12-8-10(13-4-2)7-11(9-12)14(15)16/h7-9,13H,3-6H2,1-2H3. The normalized spacial score (nSPS) is 10.0. The SMILES string of the molecule is CCCCOc1cc(NCC)cc([N+](=O)[O-])c1. The van der Waals surface area contributed by atoms with Crippen LogP contribution in [-0.4, -0.2) is 18.1 Å². The molecule has 0 atom stereocenters. The number of ether oxygens (including phenoxy) is 1. The van der Waals surface area contributed by atoms with Crippen molar-refractivity contribution >= 4 is 11.4 Å². The molecule has 0 amide bonds. The summed E-state index contributed by atoms with van der Waals surface area (Å²) in [6.45, 7) is 5.32. The van der Waals surface area contributed by atoms with Crippen LogP contribution in [0.4, 0.5) is 11.4 Å². The Kier molecular flexibility index (Phi) is 5.26. The topological polar surface area (TPSA) is 64.4 Å². The lowest BCUT2D eigenvalue weighted by molar-refractivity contribution is -0.384. The molecule has 0 aliphatic carbocycles. The summed E-state index contributed by atoms with van der Waals surface area (Å²) in [6, 6.07) is 4.75. The van der Waals surface area contributed by atoms with Crippen molar-refractivity contribution in [3.63, 3.8) is 0 Å². The van der Waals surface area contributed by atoms with E-state index in [9.17, 15) is 10.1 Å². The van der Waals surface area contributed by atoms with Gasteiger partial charge in [0.2, 0.25) is 0 Å². The van der Waals surface area contributed by atoms with Crippen molar-refractivity contribution in [2.75, 3.05) is 18.5 Å². The number of nitrogens with zero attached hydrogens (tertiary/aromatic N) is 1. The maximum atomic E-state index is 10.8. The average molecular weight is 238 g/mol. The molecule has 94 valence electrons. The molecule has 0 saturated heterocycles. The van der Waals surface area contributed by atoms with Crippen molar-refractivity contribution in [1.29, 1.82) is 0 Å². The molecule has 5 nitrogen and oxygen atoms in total. The lowest BCUT2D eigenvalue weighted by atomic mass is 10.2. The molecule has 0 heterocycles. The number of nitrogens with one attached hydrogen (secondary N) is 1. The van der Waals surface area contributed by atoms with Gasteiger partial charge in [-0.25, -0.2) is 0 Å². The van der Waals surface area contributed by atoms with E-state index in [-0.39, 0.29) is 5.69 Å². The van der Waals surface area contributed by atoms with E-state index in [0.29, 0.717) is 18.0 Å². The van der Waals surface area contributed by atoms with E-state index in [4.69, 9.17) is 4.74 Å². The molecule has 1 aromatic carbocycles. The van der Waals surface area contributed by atoms with Crippen LogP contribution >= 0.6 is 0 Å². The van der Waals surface area contributed by atoms with Gasteiger partial charge in [-0.05, 0) is 13.3 Å². The number of nitro groups is 1. The van der Waals surface area contributed by atoms with Gasteiger partial charge in [0.1, 0.15) is 5.75 Å². The van der Waals surface area contributed by atoms with E-state index in [1.165, 1.54) is 12.1 Å². The highest BCUT2D eigenvalue weighted by Crippen LogP contribution is 2.26. The third-order valence-corrected chi connectivity index (χ3v) is 2.25. The minimum Gasteiger partial charge on any atom is -0.493 e. The molecule has 1 aromatic rings. The van der Waals surface area contributed by atoms with Gasteiger partial charge < -0.3 is 10.1 Å². The van der Waals surface area contributed by atoms with Crippen LogP contribution < -0.4 is 10.1 Å². The van der Waals surface area contributed by atoms with Gasteiger partial charge in [0.15, 0.2) is 0 Å². The first-order chi connectivity index (χ1) is 8.17. The second kappa shape index (κ2) is 6.73. The lowest BCUT2D eigenvalue weighted by Crippen LogP contribution is -2.01. The molecule has 1 rings (SSSR count). The summed E-state index contributed by atoms with van der Waals surface area (Å²) in [7, 11) is 0. The van der Waals surface area contributed by atoms with Crippen LogP contribution in [0.3, 0.4) is 0 Å². The largest absolute Gasteiger partial charge is 0.493 e. The monoisotopic (exact) mass is 238 g/mol. The fourth-order valence-electron chi connectivity index (χ4n) is 1.41. The first-order valence-corrected chi connectivity index (χ1v) is 5.83. The van der Waals surface area contributed by atoms with E-state index in [1.54, 1.807) is 6.07 Å². The highest BCUT2D eigenvalue weighted by atomic mass is 16.6. The van der Waals surface area contributed by atoms with Crippen LogP contribution in [-0.2, 0) is 0 Å². The van der Waals surface area contributed by atoms with Crippen LogP contribution in [0.2, 0.25) is 0 Å². The molecule has 0 bridgehead atoms. The maximum absolute atomic E-state index is 10.8. The molecular formula is C12H18N2O3. The maximum Gasteiger partial charge on any atom is 0.275 e. The number of rotatable bonds is 7. The fourth-order valence-corrected chi connectivity index (χ4v) is 1.41. The summed E-state index contributed by atoms with van der Waals surface area (Å²) in [5, 5.41) is 13.8. The van der Waals surface area contributed by atoms with Crippen LogP contribution in [0.5, 0.6) is 5.75 Å². The molecular weight excluding hydrogens is 220 g/mol. The Hall–Kier alpha value is -1.78. The van der Waals surface area contributed by atoms with Crippen molar-refractivity contribution < 1.29 is 9.66 Å². The zero-order chi connectivity index (χ0) is 12.7. The van der Waals surface area contributed by atoms with Gasteiger partial charge in [0, 0.05) is 24.4 Å². The zero-order valence-electron chi connectivity index (χ0n) is 10.2. The van der Waals surface area contributed by atoms with Crippen molar-refractivity contribution in [2.45, 2.75) is 26.7 Å². The Morgan fingerprint density at radius 1 is 1.35 bits per heavy atom. The van der Waals surface area contributed by atoms with Gasteiger partial charge >= 0.3 is 0 Å². The van der Waals surface area contributed by atoms with Gasteiger partial charge in [0.05, 0.1) is 17.6 Å². The minimum atomic E-state index is -0.409. The Balaban J connectivity index is 2.83.